The van der Waals surface area contributed by atoms with Crippen LogP contribution in [0.5, 0.6) is 0 Å². The van der Waals surface area contributed by atoms with E-state index in [0.717, 1.165) is 19.4 Å². The molecule has 0 fully saturated rings. The molecule has 110 valence electrons. The lowest BCUT2D eigenvalue weighted by Crippen LogP contribution is -2.31. The monoisotopic (exact) mass is 260 g/mol. The Kier molecular flexibility index (Phi) is 9.33. The van der Waals surface area contributed by atoms with Gasteiger partial charge in [-0.15, -0.1) is 0 Å². The minimum atomic E-state index is 0. The predicted octanol–water partition coefficient (Wildman–Crippen LogP) is 2.58. The zero-order valence-electron chi connectivity index (χ0n) is 12.2. The van der Waals surface area contributed by atoms with Gasteiger partial charge in [0, 0.05) is 28.8 Å². The summed E-state index contributed by atoms with van der Waals surface area (Å²) in [6.45, 7) is 9.51. The Morgan fingerprint density at radius 2 is 1.56 bits per heavy atom. The van der Waals surface area contributed by atoms with E-state index < -0.39 is 0 Å². The Hall–Kier alpha value is -1.06. The van der Waals surface area contributed by atoms with E-state index in [-0.39, 0.29) is 14.7 Å². The summed E-state index contributed by atoms with van der Waals surface area (Å²) >= 11 is 0. The summed E-state index contributed by atoms with van der Waals surface area (Å²) in [5.41, 5.74) is 0. The summed E-state index contributed by atoms with van der Waals surface area (Å²) in [5, 5.41) is 5.62. The van der Waals surface area contributed by atoms with E-state index in [1.165, 1.54) is 0 Å². The lowest BCUT2D eigenvalue weighted by Gasteiger charge is -2.08. The van der Waals surface area contributed by atoms with Crippen molar-refractivity contribution < 1.29 is 12.4 Å². The van der Waals surface area contributed by atoms with Crippen molar-refractivity contribution in [3.05, 3.63) is 0 Å². The van der Waals surface area contributed by atoms with Gasteiger partial charge in [0.25, 0.3) is 0 Å². The maximum absolute atomic E-state index is 11.4. The molecular weight excluding hydrogens is 228 g/mol. The summed E-state index contributed by atoms with van der Waals surface area (Å²) in [6, 6.07) is 0. The molecule has 0 bridgehead atoms. The van der Waals surface area contributed by atoms with Crippen molar-refractivity contribution in [1.29, 1.82) is 0 Å². The molecule has 0 radical (unpaired) electrons. The van der Waals surface area contributed by atoms with Gasteiger partial charge in [-0.3, -0.25) is 9.59 Å². The molecule has 0 atom stereocenters. The zero-order valence-corrected chi connectivity index (χ0v) is 12.2. The van der Waals surface area contributed by atoms with E-state index in [0.29, 0.717) is 31.2 Å². The van der Waals surface area contributed by atoms with Crippen LogP contribution in [0.15, 0.2) is 0 Å². The van der Waals surface area contributed by atoms with Crippen molar-refractivity contribution in [2.45, 2.75) is 53.4 Å². The van der Waals surface area contributed by atoms with Crippen LogP contribution in [0.1, 0.15) is 56.2 Å². The SMILES string of the molecule is CC(C)CCCNC(=O)CCNC(=O)CC(C)C.[HH].[HH]. The van der Waals surface area contributed by atoms with Crippen molar-refractivity contribution in [1.82, 2.24) is 10.6 Å². The van der Waals surface area contributed by atoms with Crippen LogP contribution in [0.25, 0.3) is 0 Å². The second kappa shape index (κ2) is 9.92. The number of nitrogens with one attached hydrogen (secondary N) is 2. The van der Waals surface area contributed by atoms with E-state index in [4.69, 9.17) is 0 Å². The number of carbonyl (C=O) groups is 2. The Morgan fingerprint density at radius 1 is 0.944 bits per heavy atom. The van der Waals surface area contributed by atoms with Crippen molar-refractivity contribution >= 4 is 11.8 Å². The van der Waals surface area contributed by atoms with Crippen LogP contribution >= 0.6 is 0 Å². The fraction of sp³-hybridized carbons (Fsp3) is 0.857. The van der Waals surface area contributed by atoms with Gasteiger partial charge in [0.1, 0.15) is 0 Å². The van der Waals surface area contributed by atoms with E-state index in [1.54, 1.807) is 0 Å². The fourth-order valence-corrected chi connectivity index (χ4v) is 1.58. The normalized spacial score (nSPS) is 10.8. The number of rotatable bonds is 9. The standard InChI is InChI=1S/C14H28N2O2.2H2/c1-11(2)6-5-8-15-13(17)7-9-16-14(18)10-12(3)4;;/h11-12H,5-10H2,1-4H3,(H,15,17)(H,16,18);2*1H. The van der Waals surface area contributed by atoms with Gasteiger partial charge in [0.05, 0.1) is 0 Å². The van der Waals surface area contributed by atoms with Crippen LogP contribution in [-0.4, -0.2) is 24.9 Å². The second-order valence-electron chi connectivity index (χ2n) is 5.58. The second-order valence-corrected chi connectivity index (χ2v) is 5.58. The first-order chi connectivity index (χ1) is 8.41. The van der Waals surface area contributed by atoms with Gasteiger partial charge in [-0.05, 0) is 24.7 Å². The predicted molar refractivity (Wildman–Crippen MR) is 78.4 cm³/mol. The lowest BCUT2D eigenvalue weighted by atomic mass is 10.1. The van der Waals surface area contributed by atoms with Crippen LogP contribution < -0.4 is 10.6 Å². The fourth-order valence-electron chi connectivity index (χ4n) is 1.58. The van der Waals surface area contributed by atoms with Gasteiger partial charge in [0.15, 0.2) is 0 Å². The van der Waals surface area contributed by atoms with Crippen LogP contribution in [-0.2, 0) is 9.59 Å². The first-order valence-electron chi connectivity index (χ1n) is 6.95. The van der Waals surface area contributed by atoms with E-state index >= 15 is 0 Å². The van der Waals surface area contributed by atoms with Crippen LogP contribution in [0.2, 0.25) is 0 Å². The third-order valence-electron chi connectivity index (χ3n) is 2.55. The quantitative estimate of drug-likeness (QED) is 0.626. The zero-order chi connectivity index (χ0) is 14.0. The molecule has 0 aromatic rings. The maximum atomic E-state index is 11.4. The summed E-state index contributed by atoms with van der Waals surface area (Å²) < 4.78 is 0. The molecule has 4 heteroatoms. The van der Waals surface area contributed by atoms with Gasteiger partial charge >= 0.3 is 0 Å². The first kappa shape index (κ1) is 16.9. The first-order valence-corrected chi connectivity index (χ1v) is 6.95. The largest absolute Gasteiger partial charge is 0.356 e. The molecule has 0 saturated carbocycles. The summed E-state index contributed by atoms with van der Waals surface area (Å²) in [6.07, 6.45) is 3.04. The Labute approximate surface area is 114 Å². The molecule has 4 nitrogen and oxygen atoms in total. The van der Waals surface area contributed by atoms with Gasteiger partial charge in [0.2, 0.25) is 11.8 Å². The topological polar surface area (TPSA) is 58.2 Å². The van der Waals surface area contributed by atoms with Crippen molar-refractivity contribution in [2.24, 2.45) is 11.8 Å². The highest BCUT2D eigenvalue weighted by Crippen LogP contribution is 2.01. The summed E-state index contributed by atoms with van der Waals surface area (Å²) in [7, 11) is 0. The summed E-state index contributed by atoms with van der Waals surface area (Å²) in [4.78, 5) is 22.8. The van der Waals surface area contributed by atoms with Crippen LogP contribution in [0.3, 0.4) is 0 Å². The molecule has 0 heterocycles. The van der Waals surface area contributed by atoms with E-state index in [9.17, 15) is 9.59 Å². The number of amides is 2. The van der Waals surface area contributed by atoms with Crippen LogP contribution in [0, 0.1) is 11.8 Å². The third-order valence-corrected chi connectivity index (χ3v) is 2.55. The highest BCUT2D eigenvalue weighted by atomic mass is 16.2. The lowest BCUT2D eigenvalue weighted by molar-refractivity contribution is -0.122. The Morgan fingerprint density at radius 3 is 2.11 bits per heavy atom. The summed E-state index contributed by atoms with van der Waals surface area (Å²) in [5.74, 6) is 1.08. The van der Waals surface area contributed by atoms with Gasteiger partial charge in [-0.1, -0.05) is 27.7 Å². The molecule has 0 unspecified atom stereocenters. The Balaban J connectivity index is -0.00000144. The number of carbonyl (C=O) groups excluding carboxylic acids is 2. The molecule has 2 N–H and O–H groups in total. The molecule has 0 saturated heterocycles. The molecule has 0 spiro atoms. The smallest absolute Gasteiger partial charge is 0.221 e. The highest BCUT2D eigenvalue weighted by Gasteiger charge is 2.05. The maximum Gasteiger partial charge on any atom is 0.221 e. The van der Waals surface area contributed by atoms with Crippen molar-refractivity contribution in [2.75, 3.05) is 13.1 Å². The minimum Gasteiger partial charge on any atom is -0.356 e. The van der Waals surface area contributed by atoms with Crippen LogP contribution in [0.4, 0.5) is 0 Å². The molecule has 18 heavy (non-hydrogen) atoms. The van der Waals surface area contributed by atoms with Gasteiger partial charge < -0.3 is 10.6 Å². The molecular formula is C14H32N2O2. The molecule has 0 aromatic heterocycles. The molecule has 0 aliphatic carbocycles. The molecule has 2 amide bonds. The Bertz CT molecular complexity index is 260. The number of hydrogen-bond acceptors (Lipinski definition) is 2. The minimum absolute atomic E-state index is 0. The molecule has 0 aliphatic rings. The average Bonchev–Trinajstić information content (AvgIpc) is 2.23. The highest BCUT2D eigenvalue weighted by molar-refractivity contribution is 5.78. The molecule has 0 aromatic carbocycles. The van der Waals surface area contributed by atoms with E-state index in [2.05, 4.69) is 24.5 Å². The van der Waals surface area contributed by atoms with Gasteiger partial charge in [-0.25, -0.2) is 0 Å². The van der Waals surface area contributed by atoms with Crippen molar-refractivity contribution in [3.8, 4) is 0 Å². The molecule has 0 aliphatic heterocycles. The molecule has 0 rings (SSSR count). The average molecular weight is 260 g/mol. The van der Waals surface area contributed by atoms with Crippen molar-refractivity contribution in [3.63, 3.8) is 0 Å². The third kappa shape index (κ3) is 11.4. The van der Waals surface area contributed by atoms with Gasteiger partial charge in [-0.2, -0.15) is 0 Å². The number of hydrogen-bond donors (Lipinski definition) is 2. The van der Waals surface area contributed by atoms with E-state index in [1.807, 2.05) is 13.8 Å².